The third-order valence-electron chi connectivity index (χ3n) is 5.91. The summed E-state index contributed by atoms with van der Waals surface area (Å²) < 4.78 is 2.66. The number of likely N-dealkylation sites (tertiary alicyclic amines) is 1. The van der Waals surface area contributed by atoms with Crippen molar-refractivity contribution >= 4 is 50.7 Å². The monoisotopic (exact) mass is 534 g/mol. The quantitative estimate of drug-likeness (QED) is 0.260. The van der Waals surface area contributed by atoms with Crippen LogP contribution in [0.15, 0.2) is 69.9 Å². The molecule has 0 aliphatic carbocycles. The Morgan fingerprint density at radius 3 is 3.09 bits per heavy atom. The summed E-state index contributed by atoms with van der Waals surface area (Å²) in [7, 11) is 0. The Morgan fingerprint density at radius 1 is 1.35 bits per heavy atom. The van der Waals surface area contributed by atoms with Crippen molar-refractivity contribution in [3.8, 4) is 0 Å². The Labute approximate surface area is 210 Å². The van der Waals surface area contributed by atoms with Gasteiger partial charge in [-0.25, -0.2) is 9.78 Å². The highest BCUT2D eigenvalue weighted by molar-refractivity contribution is 9.10. The van der Waals surface area contributed by atoms with E-state index in [-0.39, 0.29) is 5.92 Å². The number of nitrogens with one attached hydrogen (secondary N) is 1. The van der Waals surface area contributed by atoms with Crippen molar-refractivity contribution in [3.63, 3.8) is 0 Å². The van der Waals surface area contributed by atoms with Crippen LogP contribution < -0.4 is 5.32 Å². The number of hydrogen-bond donors (Lipinski definition) is 1. The molecule has 172 valence electrons. The largest absolute Gasteiger partial charge is 0.366 e. The van der Waals surface area contributed by atoms with Gasteiger partial charge in [0, 0.05) is 44.0 Å². The van der Waals surface area contributed by atoms with E-state index in [0.29, 0.717) is 12.2 Å². The Kier molecular flexibility index (Phi) is 6.85. The van der Waals surface area contributed by atoms with Gasteiger partial charge in [0.05, 0.1) is 16.4 Å². The summed E-state index contributed by atoms with van der Waals surface area (Å²) in [5.74, 6) is 3.20. The third kappa shape index (κ3) is 4.97. The maximum absolute atomic E-state index is 11.8. The number of carbonyl (C=O) groups excluding carboxylic acids is 1. The number of allylic oxidation sites excluding steroid dienone is 1. The molecule has 5 rings (SSSR count). The van der Waals surface area contributed by atoms with Crippen LogP contribution in [-0.4, -0.2) is 43.5 Å². The highest BCUT2D eigenvalue weighted by atomic mass is 79.9. The number of rotatable bonds is 7. The second-order valence-electron chi connectivity index (χ2n) is 8.17. The van der Waals surface area contributed by atoms with Gasteiger partial charge in [0.1, 0.15) is 17.5 Å². The van der Waals surface area contributed by atoms with Crippen molar-refractivity contribution in [2.24, 2.45) is 0 Å². The molecule has 1 unspecified atom stereocenters. The second-order valence-corrected chi connectivity index (χ2v) is 9.81. The van der Waals surface area contributed by atoms with E-state index in [4.69, 9.17) is 4.98 Å². The number of halogens is 1. The Balaban J connectivity index is 1.39. The molecule has 7 nitrogen and oxygen atoms in total. The van der Waals surface area contributed by atoms with Gasteiger partial charge < -0.3 is 10.2 Å². The van der Waals surface area contributed by atoms with Gasteiger partial charge >= 0.3 is 0 Å². The van der Waals surface area contributed by atoms with E-state index in [1.54, 1.807) is 23.7 Å². The molecule has 0 bridgehead atoms. The molecule has 9 heteroatoms. The summed E-state index contributed by atoms with van der Waals surface area (Å²) in [4.78, 5) is 23.0. The molecule has 1 saturated heterocycles. The fourth-order valence-corrected chi connectivity index (χ4v) is 5.15. The van der Waals surface area contributed by atoms with Gasteiger partial charge in [0.2, 0.25) is 0 Å². The van der Waals surface area contributed by atoms with Crippen LogP contribution in [0.2, 0.25) is 0 Å². The fraction of sp³-hybridized carbons (Fsp3) is 0.240. The van der Waals surface area contributed by atoms with E-state index in [2.05, 4.69) is 53.6 Å². The number of pyridine rings is 1. The first-order valence-electron chi connectivity index (χ1n) is 11.1. The maximum atomic E-state index is 11.8. The van der Waals surface area contributed by atoms with Crippen LogP contribution in [0.3, 0.4) is 0 Å². The zero-order chi connectivity index (χ0) is 23.3. The first-order valence-corrected chi connectivity index (χ1v) is 12.8. The lowest BCUT2D eigenvalue weighted by atomic mass is 9.94. The zero-order valence-electron chi connectivity index (χ0n) is 18.4. The van der Waals surface area contributed by atoms with E-state index >= 15 is 0 Å². The number of anilines is 1. The van der Waals surface area contributed by atoms with Crippen LogP contribution in [0.5, 0.6) is 0 Å². The van der Waals surface area contributed by atoms with Crippen LogP contribution in [0.25, 0.3) is 11.7 Å². The van der Waals surface area contributed by atoms with Crippen molar-refractivity contribution in [2.45, 2.75) is 25.3 Å². The summed E-state index contributed by atoms with van der Waals surface area (Å²) >= 11 is 5.22. The molecule has 0 aromatic carbocycles. The van der Waals surface area contributed by atoms with Gasteiger partial charge in [0.25, 0.3) is 0 Å². The van der Waals surface area contributed by atoms with Crippen molar-refractivity contribution in [3.05, 3.63) is 86.7 Å². The van der Waals surface area contributed by atoms with Crippen LogP contribution >= 0.6 is 27.3 Å². The van der Waals surface area contributed by atoms with E-state index < -0.39 is 0 Å². The molecule has 1 N–H and O–H groups in total. The summed E-state index contributed by atoms with van der Waals surface area (Å²) in [6.45, 7) is 2.18. The van der Waals surface area contributed by atoms with E-state index in [1.165, 1.54) is 0 Å². The highest BCUT2D eigenvalue weighted by Gasteiger charge is 2.25. The molecule has 1 aliphatic rings. The minimum Gasteiger partial charge on any atom is -0.366 e. The molecule has 4 aromatic heterocycles. The van der Waals surface area contributed by atoms with Crippen molar-refractivity contribution < 1.29 is 4.79 Å². The second kappa shape index (κ2) is 10.3. The van der Waals surface area contributed by atoms with Crippen LogP contribution in [0.4, 0.5) is 5.82 Å². The molecule has 0 amide bonds. The maximum Gasteiger partial charge on any atom is 0.171 e. The van der Waals surface area contributed by atoms with Gasteiger partial charge in [-0.1, -0.05) is 12.1 Å². The Bertz CT molecular complexity index is 1340. The molecule has 1 fully saturated rings. The molecule has 0 spiro atoms. The first kappa shape index (κ1) is 22.5. The molecule has 1 aliphatic heterocycles. The minimum absolute atomic E-state index is 0.192. The molecular weight excluding hydrogens is 512 g/mol. The summed E-state index contributed by atoms with van der Waals surface area (Å²) in [5, 5.41) is 12.0. The number of nitrogens with zero attached hydrogens (tertiary/aromatic N) is 5. The molecule has 4 aromatic rings. The highest BCUT2D eigenvalue weighted by Crippen LogP contribution is 2.31. The van der Waals surface area contributed by atoms with Gasteiger partial charge in [0.15, 0.2) is 5.65 Å². The molecule has 34 heavy (non-hydrogen) atoms. The summed E-state index contributed by atoms with van der Waals surface area (Å²) in [6, 6.07) is 8.07. The van der Waals surface area contributed by atoms with Crippen molar-refractivity contribution in [2.75, 3.05) is 18.4 Å². The first-order chi connectivity index (χ1) is 16.7. The average Bonchev–Trinajstić information content (AvgIpc) is 3.54. The fourth-order valence-electron chi connectivity index (χ4n) is 4.17. The number of aromatic nitrogens is 4. The molecule has 0 radical (unpaired) electrons. The van der Waals surface area contributed by atoms with Crippen LogP contribution in [0.1, 0.15) is 35.6 Å². The smallest absolute Gasteiger partial charge is 0.171 e. The van der Waals surface area contributed by atoms with Crippen molar-refractivity contribution in [1.82, 2.24) is 24.5 Å². The molecule has 0 saturated carbocycles. The number of thiophene rings is 1. The van der Waals surface area contributed by atoms with Gasteiger partial charge in [-0.3, -0.25) is 4.98 Å². The van der Waals surface area contributed by atoms with Gasteiger partial charge in [-0.2, -0.15) is 21.0 Å². The average molecular weight is 535 g/mol. The van der Waals surface area contributed by atoms with Gasteiger partial charge in [-0.15, -0.1) is 0 Å². The van der Waals surface area contributed by atoms with E-state index in [1.807, 2.05) is 46.4 Å². The lowest BCUT2D eigenvalue weighted by Crippen LogP contribution is -2.34. The number of fused-ring (bicyclic) bond motifs is 1. The Morgan fingerprint density at radius 2 is 2.29 bits per heavy atom. The number of piperidine rings is 1. The van der Waals surface area contributed by atoms with Crippen LogP contribution in [0, 0.1) is 0 Å². The number of hydrogen-bond acceptors (Lipinski definition) is 7. The topological polar surface area (TPSA) is 75.4 Å². The van der Waals surface area contributed by atoms with E-state index in [0.717, 1.165) is 58.7 Å². The van der Waals surface area contributed by atoms with E-state index in [9.17, 15) is 4.79 Å². The minimum atomic E-state index is 0.192. The predicted octanol–water partition coefficient (Wildman–Crippen LogP) is 5.17. The summed E-state index contributed by atoms with van der Waals surface area (Å²) in [5.41, 5.74) is 4.51. The normalized spacial score (nSPS) is 16.1. The summed E-state index contributed by atoms with van der Waals surface area (Å²) in [6.07, 6.45) is 11.2. The van der Waals surface area contributed by atoms with Crippen LogP contribution in [-0.2, 0) is 11.3 Å². The lowest BCUT2D eigenvalue weighted by Gasteiger charge is -2.33. The standard InChI is InChI=1S/C25H23BrN6OS/c26-22-14-29-32-24(28-13-19-3-1-8-27-12-19)11-23(30-25(22)32)20-4-2-9-31(15-20)21(16-33)6-5-18-7-10-34-17-18/h1,3,5-8,10-12,14,17,20,28H,2,4,9,13,15H2/b6-5+. The molecule has 1 atom stereocenters. The molecule has 5 heterocycles. The van der Waals surface area contributed by atoms with Crippen molar-refractivity contribution in [1.29, 1.82) is 0 Å². The van der Waals surface area contributed by atoms with Gasteiger partial charge in [-0.05, 0) is 68.9 Å². The zero-order valence-corrected chi connectivity index (χ0v) is 20.8. The predicted molar refractivity (Wildman–Crippen MR) is 138 cm³/mol. The SMILES string of the molecule is O=C=C(/C=C/c1ccsc1)N1CCCC(c2cc(NCc3cccnc3)n3ncc(Br)c3n2)C1. The third-order valence-corrected chi connectivity index (χ3v) is 7.17. The lowest BCUT2D eigenvalue weighted by molar-refractivity contribution is 0.265. The molecular formula is C25H23BrN6OS. The Hall–Kier alpha value is -3.26.